The fraction of sp³-hybridized carbons (Fsp3) is 0.381. The summed E-state index contributed by atoms with van der Waals surface area (Å²) in [6.07, 6.45) is 5.99. The Balaban J connectivity index is 1.57. The summed E-state index contributed by atoms with van der Waals surface area (Å²) in [5.41, 5.74) is 1.25. The normalized spacial score (nSPS) is 16.2. The highest BCUT2D eigenvalue weighted by atomic mass is 32.2. The Morgan fingerprint density at radius 2 is 1.93 bits per heavy atom. The molecule has 1 fully saturated rings. The van der Waals surface area contributed by atoms with Crippen molar-refractivity contribution in [3.05, 3.63) is 59.9 Å². The van der Waals surface area contributed by atoms with Crippen LogP contribution >= 0.6 is 0 Å². The monoisotopic (exact) mass is 412 g/mol. The van der Waals surface area contributed by atoms with Gasteiger partial charge >= 0.3 is 0 Å². The Morgan fingerprint density at radius 3 is 2.55 bits per heavy atom. The summed E-state index contributed by atoms with van der Waals surface area (Å²) in [4.78, 5) is 15.8. The Kier molecular flexibility index (Phi) is 5.47. The summed E-state index contributed by atoms with van der Waals surface area (Å²) >= 11 is 0. The van der Waals surface area contributed by atoms with Crippen molar-refractivity contribution in [2.45, 2.75) is 37.1 Å². The highest BCUT2D eigenvalue weighted by Gasteiger charge is 2.28. The Labute approximate surface area is 170 Å². The SMILES string of the molecule is Cc1ccc(CN2CCC(c3nc(-c4ccccn4)ncc3S(C)(=O)=O)CC2)o1. The van der Waals surface area contributed by atoms with Crippen molar-refractivity contribution in [2.75, 3.05) is 19.3 Å². The van der Waals surface area contributed by atoms with E-state index in [-0.39, 0.29) is 10.8 Å². The van der Waals surface area contributed by atoms with E-state index in [1.165, 1.54) is 12.5 Å². The van der Waals surface area contributed by atoms with Gasteiger partial charge in [-0.2, -0.15) is 0 Å². The number of aryl methyl sites for hydroxylation is 1. The molecule has 0 unspecified atom stereocenters. The Hall–Kier alpha value is -2.58. The maximum atomic E-state index is 12.3. The molecule has 3 aromatic rings. The Morgan fingerprint density at radius 1 is 1.14 bits per heavy atom. The van der Waals surface area contributed by atoms with Gasteiger partial charge in [-0.15, -0.1) is 0 Å². The van der Waals surface area contributed by atoms with Crippen molar-refractivity contribution in [2.24, 2.45) is 0 Å². The first kappa shape index (κ1) is 19.7. The second kappa shape index (κ2) is 8.04. The third-order valence-corrected chi connectivity index (χ3v) is 6.34. The molecule has 0 radical (unpaired) electrons. The summed E-state index contributed by atoms with van der Waals surface area (Å²) in [7, 11) is -3.42. The minimum atomic E-state index is -3.42. The number of aromatic nitrogens is 3. The summed E-state index contributed by atoms with van der Waals surface area (Å²) in [6.45, 7) is 4.42. The standard InChI is InChI=1S/C21H24N4O3S/c1-15-6-7-17(28-15)14-25-11-8-16(9-12-25)20-19(29(2,26)27)13-23-21(24-20)18-5-3-4-10-22-18/h3-7,10,13,16H,8-9,11-12,14H2,1-2H3. The number of pyridine rings is 1. The van der Waals surface area contributed by atoms with Gasteiger partial charge in [0.05, 0.1) is 12.2 Å². The maximum absolute atomic E-state index is 12.3. The zero-order valence-electron chi connectivity index (χ0n) is 16.6. The molecule has 152 valence electrons. The van der Waals surface area contributed by atoms with Crippen LogP contribution in [0.2, 0.25) is 0 Å². The van der Waals surface area contributed by atoms with Gasteiger partial charge < -0.3 is 4.42 Å². The van der Waals surface area contributed by atoms with E-state index in [9.17, 15) is 8.42 Å². The Bertz CT molecular complexity index is 1090. The molecule has 7 nitrogen and oxygen atoms in total. The van der Waals surface area contributed by atoms with Crippen molar-refractivity contribution in [3.8, 4) is 11.5 Å². The molecule has 0 spiro atoms. The van der Waals surface area contributed by atoms with Gasteiger partial charge in [0.25, 0.3) is 0 Å². The maximum Gasteiger partial charge on any atom is 0.178 e. The van der Waals surface area contributed by atoms with Crippen LogP contribution in [0.25, 0.3) is 11.5 Å². The summed E-state index contributed by atoms with van der Waals surface area (Å²) in [5, 5.41) is 0. The van der Waals surface area contributed by atoms with Crippen molar-refractivity contribution in [3.63, 3.8) is 0 Å². The van der Waals surface area contributed by atoms with Crippen LogP contribution in [-0.2, 0) is 16.4 Å². The minimum Gasteiger partial charge on any atom is -0.465 e. The molecule has 0 saturated carbocycles. The van der Waals surface area contributed by atoms with Gasteiger partial charge in [-0.3, -0.25) is 9.88 Å². The van der Waals surface area contributed by atoms with E-state index in [1.54, 1.807) is 6.20 Å². The van der Waals surface area contributed by atoms with Crippen LogP contribution in [0.4, 0.5) is 0 Å². The van der Waals surface area contributed by atoms with E-state index in [4.69, 9.17) is 4.42 Å². The van der Waals surface area contributed by atoms with Gasteiger partial charge in [0.1, 0.15) is 22.1 Å². The number of rotatable bonds is 5. The van der Waals surface area contributed by atoms with Gasteiger partial charge in [-0.1, -0.05) is 6.07 Å². The van der Waals surface area contributed by atoms with Crippen molar-refractivity contribution in [1.29, 1.82) is 0 Å². The number of piperidine rings is 1. The highest BCUT2D eigenvalue weighted by Crippen LogP contribution is 2.32. The smallest absolute Gasteiger partial charge is 0.178 e. The lowest BCUT2D eigenvalue weighted by molar-refractivity contribution is 0.188. The van der Waals surface area contributed by atoms with Crippen LogP contribution in [0.5, 0.6) is 0 Å². The first-order valence-corrected chi connectivity index (χ1v) is 11.6. The molecule has 1 aliphatic rings. The van der Waals surface area contributed by atoms with Crippen molar-refractivity contribution >= 4 is 9.84 Å². The third-order valence-electron chi connectivity index (χ3n) is 5.23. The minimum absolute atomic E-state index is 0.0692. The van der Waals surface area contributed by atoms with E-state index >= 15 is 0 Å². The highest BCUT2D eigenvalue weighted by molar-refractivity contribution is 7.90. The number of likely N-dealkylation sites (tertiary alicyclic amines) is 1. The number of sulfone groups is 1. The molecule has 8 heteroatoms. The van der Waals surface area contributed by atoms with E-state index in [2.05, 4.69) is 19.9 Å². The zero-order chi connectivity index (χ0) is 20.4. The fourth-order valence-corrected chi connectivity index (χ4v) is 4.57. The molecule has 29 heavy (non-hydrogen) atoms. The van der Waals surface area contributed by atoms with E-state index in [1.807, 2.05) is 37.3 Å². The first-order chi connectivity index (χ1) is 13.9. The summed E-state index contributed by atoms with van der Waals surface area (Å²) in [6, 6.07) is 9.50. The predicted octanol–water partition coefficient (Wildman–Crippen LogP) is 3.22. The lowest BCUT2D eigenvalue weighted by Crippen LogP contribution is -2.33. The van der Waals surface area contributed by atoms with Crippen LogP contribution in [0.1, 0.15) is 36.0 Å². The van der Waals surface area contributed by atoms with Crippen LogP contribution in [-0.4, -0.2) is 47.6 Å². The molecule has 0 amide bonds. The molecule has 0 bridgehead atoms. The molecule has 1 saturated heterocycles. The first-order valence-electron chi connectivity index (χ1n) is 9.66. The molecule has 4 heterocycles. The van der Waals surface area contributed by atoms with Crippen LogP contribution < -0.4 is 0 Å². The van der Waals surface area contributed by atoms with Crippen molar-refractivity contribution in [1.82, 2.24) is 19.9 Å². The number of furan rings is 1. The third kappa shape index (κ3) is 4.54. The lowest BCUT2D eigenvalue weighted by Gasteiger charge is -2.31. The van der Waals surface area contributed by atoms with Gasteiger partial charge in [0.2, 0.25) is 0 Å². The average Bonchev–Trinajstić information content (AvgIpc) is 3.13. The van der Waals surface area contributed by atoms with E-state index < -0.39 is 9.84 Å². The second-order valence-corrected chi connectivity index (χ2v) is 9.48. The molecular formula is C21H24N4O3S. The molecule has 1 aliphatic heterocycles. The van der Waals surface area contributed by atoms with Gasteiger partial charge in [0, 0.05) is 24.6 Å². The zero-order valence-corrected chi connectivity index (χ0v) is 17.4. The molecular weight excluding hydrogens is 388 g/mol. The number of hydrogen-bond acceptors (Lipinski definition) is 7. The molecule has 0 aromatic carbocycles. The van der Waals surface area contributed by atoms with Crippen LogP contribution in [0.3, 0.4) is 0 Å². The van der Waals surface area contributed by atoms with E-state index in [0.29, 0.717) is 17.2 Å². The molecule has 3 aromatic heterocycles. The number of nitrogens with zero attached hydrogens (tertiary/aromatic N) is 4. The molecule has 0 atom stereocenters. The van der Waals surface area contributed by atoms with E-state index in [0.717, 1.165) is 44.0 Å². The molecule has 0 aliphatic carbocycles. The topological polar surface area (TPSA) is 89.2 Å². The van der Waals surface area contributed by atoms with Crippen LogP contribution in [0, 0.1) is 6.92 Å². The molecule has 0 N–H and O–H groups in total. The van der Waals surface area contributed by atoms with Gasteiger partial charge in [0.15, 0.2) is 15.7 Å². The average molecular weight is 413 g/mol. The quantitative estimate of drug-likeness (QED) is 0.635. The fourth-order valence-electron chi connectivity index (χ4n) is 3.74. The number of hydrogen-bond donors (Lipinski definition) is 0. The molecule has 4 rings (SSSR count). The van der Waals surface area contributed by atoms with Gasteiger partial charge in [-0.05, 0) is 57.1 Å². The summed E-state index contributed by atoms with van der Waals surface area (Å²) < 4.78 is 30.3. The second-order valence-electron chi connectivity index (χ2n) is 7.49. The van der Waals surface area contributed by atoms with Gasteiger partial charge in [-0.25, -0.2) is 18.4 Å². The van der Waals surface area contributed by atoms with Crippen LogP contribution in [0.15, 0.2) is 52.0 Å². The summed E-state index contributed by atoms with van der Waals surface area (Å²) in [5.74, 6) is 2.40. The predicted molar refractivity (Wildman–Crippen MR) is 109 cm³/mol. The van der Waals surface area contributed by atoms with Crippen molar-refractivity contribution < 1.29 is 12.8 Å². The largest absolute Gasteiger partial charge is 0.465 e. The lowest BCUT2D eigenvalue weighted by atomic mass is 9.93.